The highest BCUT2D eigenvalue weighted by Gasteiger charge is 2.23. The normalized spacial score (nSPS) is 11.7. The Bertz CT molecular complexity index is 1470. The van der Waals surface area contributed by atoms with Crippen molar-refractivity contribution in [2.24, 2.45) is 0 Å². The molecule has 3 aromatic heterocycles. The van der Waals surface area contributed by atoms with Gasteiger partial charge in [-0.25, -0.2) is 19.3 Å². The first kappa shape index (κ1) is 24.6. The van der Waals surface area contributed by atoms with E-state index >= 15 is 0 Å². The van der Waals surface area contributed by atoms with Crippen LogP contribution in [-0.4, -0.2) is 29.6 Å². The molecule has 10 heteroatoms. The van der Waals surface area contributed by atoms with Gasteiger partial charge in [0.2, 0.25) is 5.88 Å². The fourth-order valence-corrected chi connectivity index (χ4v) is 4.19. The Morgan fingerprint density at radius 2 is 1.89 bits per heavy atom. The summed E-state index contributed by atoms with van der Waals surface area (Å²) in [5, 5.41) is 13.1. The van der Waals surface area contributed by atoms with Gasteiger partial charge in [-0.05, 0) is 53.2 Å². The molecule has 0 spiro atoms. The van der Waals surface area contributed by atoms with Gasteiger partial charge in [-0.2, -0.15) is 4.98 Å². The second-order valence-electron chi connectivity index (χ2n) is 8.83. The molecule has 0 aliphatic carbocycles. The smallest absolute Gasteiger partial charge is 0.264 e. The first-order chi connectivity index (χ1) is 16.5. The zero-order valence-corrected chi connectivity index (χ0v) is 21.2. The third-order valence-electron chi connectivity index (χ3n) is 5.47. The minimum atomic E-state index is -1.34. The number of thiazole rings is 1. The van der Waals surface area contributed by atoms with Gasteiger partial charge in [0.1, 0.15) is 23.7 Å². The number of aryl methyl sites for hydroxylation is 3. The lowest BCUT2D eigenvalue weighted by atomic mass is 10.0. The lowest BCUT2D eigenvalue weighted by Crippen LogP contribution is -2.26. The average Bonchev–Trinajstić information content (AvgIpc) is 3.21. The zero-order chi connectivity index (χ0) is 25.5. The van der Waals surface area contributed by atoms with Crippen molar-refractivity contribution in [3.05, 3.63) is 79.4 Å². The minimum Gasteiger partial charge on any atom is -0.471 e. The van der Waals surface area contributed by atoms with E-state index in [-0.39, 0.29) is 29.6 Å². The molecule has 0 unspecified atom stereocenters. The van der Waals surface area contributed by atoms with Gasteiger partial charge in [0.25, 0.3) is 5.56 Å². The van der Waals surface area contributed by atoms with Gasteiger partial charge < -0.3 is 9.84 Å². The summed E-state index contributed by atoms with van der Waals surface area (Å²) in [6, 6.07) is 5.18. The summed E-state index contributed by atoms with van der Waals surface area (Å²) in [6.07, 6.45) is 1.04. The molecule has 0 saturated carbocycles. The standard InChI is InChI=1S/C25H26FN5O3S/c1-13-7-8-17(21-19(26)10-27-24(30-21)25(5,6)33)9-20(13)31-15(3)28-22(14(2)23(31)32)34-11-18-12-35-16(4)29-18/h7-10,12,33H,11H2,1-6H3. The molecule has 4 rings (SSSR count). The molecule has 3 heterocycles. The number of aliphatic hydroxyl groups is 1. The number of halogens is 1. The Morgan fingerprint density at radius 1 is 1.14 bits per heavy atom. The van der Waals surface area contributed by atoms with Crippen molar-refractivity contribution in [2.45, 2.75) is 53.8 Å². The highest BCUT2D eigenvalue weighted by atomic mass is 32.1. The quantitative estimate of drug-likeness (QED) is 0.425. The molecule has 0 fully saturated rings. The SMILES string of the molecule is Cc1nc(COc2nc(C)n(-c3cc(-c4nc(C(C)(C)O)ncc4F)ccc3C)c(=O)c2C)cs1. The molecule has 4 aromatic rings. The van der Waals surface area contributed by atoms with Crippen LogP contribution >= 0.6 is 11.3 Å². The van der Waals surface area contributed by atoms with Crippen LogP contribution in [0.15, 0.2) is 34.6 Å². The lowest BCUT2D eigenvalue weighted by Gasteiger charge is -2.18. The van der Waals surface area contributed by atoms with Gasteiger partial charge in [0.05, 0.1) is 28.1 Å². The van der Waals surface area contributed by atoms with Crippen LogP contribution in [0, 0.1) is 33.5 Å². The summed E-state index contributed by atoms with van der Waals surface area (Å²) < 4.78 is 22.0. The van der Waals surface area contributed by atoms with Crippen molar-refractivity contribution >= 4 is 11.3 Å². The Balaban J connectivity index is 1.76. The van der Waals surface area contributed by atoms with E-state index in [2.05, 4.69) is 19.9 Å². The van der Waals surface area contributed by atoms with Gasteiger partial charge in [0, 0.05) is 10.9 Å². The molecule has 0 amide bonds. The highest BCUT2D eigenvalue weighted by Crippen LogP contribution is 2.28. The molecule has 35 heavy (non-hydrogen) atoms. The highest BCUT2D eigenvalue weighted by molar-refractivity contribution is 7.09. The molecule has 0 saturated heterocycles. The number of ether oxygens (including phenoxy) is 1. The van der Waals surface area contributed by atoms with Crippen LogP contribution in [0.4, 0.5) is 4.39 Å². The van der Waals surface area contributed by atoms with E-state index in [4.69, 9.17) is 4.74 Å². The number of nitrogens with zero attached hydrogens (tertiary/aromatic N) is 5. The Labute approximate surface area is 206 Å². The molecular weight excluding hydrogens is 469 g/mol. The monoisotopic (exact) mass is 495 g/mol. The Morgan fingerprint density at radius 3 is 2.54 bits per heavy atom. The predicted octanol–water partition coefficient (Wildman–Crippen LogP) is 4.33. The van der Waals surface area contributed by atoms with Crippen LogP contribution in [0.5, 0.6) is 5.88 Å². The molecule has 0 aliphatic heterocycles. The van der Waals surface area contributed by atoms with Crippen molar-refractivity contribution in [1.29, 1.82) is 0 Å². The Kier molecular flexibility index (Phi) is 6.52. The van der Waals surface area contributed by atoms with E-state index in [0.717, 1.165) is 22.5 Å². The van der Waals surface area contributed by atoms with Crippen molar-refractivity contribution in [1.82, 2.24) is 24.5 Å². The molecular formula is C25H26FN5O3S. The summed E-state index contributed by atoms with van der Waals surface area (Å²) in [4.78, 5) is 30.4. The number of rotatable bonds is 6. The fourth-order valence-electron chi connectivity index (χ4n) is 3.59. The van der Waals surface area contributed by atoms with Gasteiger partial charge in [-0.3, -0.25) is 9.36 Å². The summed E-state index contributed by atoms with van der Waals surface area (Å²) in [5.74, 6) is 0.136. The van der Waals surface area contributed by atoms with Crippen LogP contribution in [0.25, 0.3) is 16.9 Å². The second-order valence-corrected chi connectivity index (χ2v) is 9.89. The maximum atomic E-state index is 14.7. The largest absolute Gasteiger partial charge is 0.471 e. The molecule has 0 radical (unpaired) electrons. The molecule has 1 aromatic carbocycles. The molecule has 0 atom stereocenters. The summed E-state index contributed by atoms with van der Waals surface area (Å²) in [6.45, 7) is 10.4. The van der Waals surface area contributed by atoms with E-state index in [0.29, 0.717) is 22.6 Å². The summed E-state index contributed by atoms with van der Waals surface area (Å²) >= 11 is 1.53. The predicted molar refractivity (Wildman–Crippen MR) is 131 cm³/mol. The van der Waals surface area contributed by atoms with E-state index in [1.54, 1.807) is 32.0 Å². The molecule has 1 N–H and O–H groups in total. The molecule has 8 nitrogen and oxygen atoms in total. The summed E-state index contributed by atoms with van der Waals surface area (Å²) in [5.41, 5.74) is 1.32. The van der Waals surface area contributed by atoms with Crippen molar-refractivity contribution in [2.75, 3.05) is 0 Å². The van der Waals surface area contributed by atoms with Crippen LogP contribution < -0.4 is 10.3 Å². The van der Waals surface area contributed by atoms with Crippen LogP contribution in [0.2, 0.25) is 0 Å². The van der Waals surface area contributed by atoms with Gasteiger partial charge in [-0.15, -0.1) is 11.3 Å². The van der Waals surface area contributed by atoms with Crippen LogP contribution in [0.1, 0.15) is 47.3 Å². The van der Waals surface area contributed by atoms with E-state index in [1.165, 1.54) is 29.8 Å². The van der Waals surface area contributed by atoms with Gasteiger partial charge in [0.15, 0.2) is 11.6 Å². The topological polar surface area (TPSA) is 103 Å². The first-order valence-corrected chi connectivity index (χ1v) is 11.8. The summed E-state index contributed by atoms with van der Waals surface area (Å²) in [7, 11) is 0. The molecule has 0 aliphatic rings. The number of benzene rings is 1. The minimum absolute atomic E-state index is 0.0345. The molecule has 0 bridgehead atoms. The third-order valence-corrected chi connectivity index (χ3v) is 6.29. The molecule has 182 valence electrons. The Hall–Kier alpha value is -3.50. The van der Waals surface area contributed by atoms with Crippen molar-refractivity contribution in [3.63, 3.8) is 0 Å². The van der Waals surface area contributed by atoms with Crippen LogP contribution in [-0.2, 0) is 12.2 Å². The fraction of sp³-hybridized carbons (Fsp3) is 0.320. The van der Waals surface area contributed by atoms with Crippen LogP contribution in [0.3, 0.4) is 0 Å². The number of hydrogen-bond acceptors (Lipinski definition) is 8. The zero-order valence-electron chi connectivity index (χ0n) is 20.4. The maximum Gasteiger partial charge on any atom is 0.264 e. The van der Waals surface area contributed by atoms with Crippen molar-refractivity contribution < 1.29 is 14.2 Å². The number of hydrogen-bond donors (Lipinski definition) is 1. The lowest BCUT2D eigenvalue weighted by molar-refractivity contribution is 0.0686. The van der Waals surface area contributed by atoms with E-state index in [9.17, 15) is 14.3 Å². The maximum absolute atomic E-state index is 14.7. The van der Waals surface area contributed by atoms with Gasteiger partial charge >= 0.3 is 0 Å². The average molecular weight is 496 g/mol. The van der Waals surface area contributed by atoms with Gasteiger partial charge in [-0.1, -0.05) is 12.1 Å². The second kappa shape index (κ2) is 9.27. The number of aromatic nitrogens is 5. The van der Waals surface area contributed by atoms with E-state index in [1.807, 2.05) is 19.2 Å². The third kappa shape index (κ3) is 4.98. The van der Waals surface area contributed by atoms with Crippen molar-refractivity contribution in [3.8, 4) is 22.8 Å². The van der Waals surface area contributed by atoms with E-state index < -0.39 is 11.4 Å². The first-order valence-electron chi connectivity index (χ1n) is 11.0.